The number of aromatic amines is 1. The van der Waals surface area contributed by atoms with E-state index in [0.717, 1.165) is 33.0 Å². The maximum atomic E-state index is 13.3. The quantitative estimate of drug-likeness (QED) is 0.0822. The molecule has 1 unspecified atom stereocenters. The van der Waals surface area contributed by atoms with Gasteiger partial charge in [-0.2, -0.15) is 0 Å². The Morgan fingerprint density at radius 1 is 1.02 bits per heavy atom. The van der Waals surface area contributed by atoms with Crippen LogP contribution in [-0.2, 0) is 19.4 Å². The number of aromatic hydroxyl groups is 2. The highest BCUT2D eigenvalue weighted by Crippen LogP contribution is 2.34. The number of amides is 4. The third kappa shape index (κ3) is 6.75. The van der Waals surface area contributed by atoms with Crippen LogP contribution in [0, 0.1) is 5.41 Å². The molecule has 1 atom stereocenters. The first-order chi connectivity index (χ1) is 24.7. The molecule has 14 nitrogen and oxygen atoms in total. The summed E-state index contributed by atoms with van der Waals surface area (Å²) in [5, 5.41) is 33.1. The van der Waals surface area contributed by atoms with Crippen molar-refractivity contribution in [3.05, 3.63) is 106 Å². The molecule has 0 radical (unpaired) electrons. The first-order valence-electron chi connectivity index (χ1n) is 16.9. The molecule has 0 bridgehead atoms. The predicted molar refractivity (Wildman–Crippen MR) is 200 cm³/mol. The first kappa shape index (κ1) is 35.5. The van der Waals surface area contributed by atoms with Gasteiger partial charge >= 0.3 is 6.03 Å². The number of nitrogens with two attached hydrogens (primary N) is 2. The van der Waals surface area contributed by atoms with Crippen LogP contribution in [-0.4, -0.2) is 75.3 Å². The summed E-state index contributed by atoms with van der Waals surface area (Å²) < 4.78 is 2.00. The molecule has 0 aliphatic carbocycles. The number of fused-ring (bicyclic) bond motifs is 2. The van der Waals surface area contributed by atoms with Crippen molar-refractivity contribution in [3.8, 4) is 11.5 Å². The molecule has 0 saturated heterocycles. The Morgan fingerprint density at radius 3 is 2.44 bits per heavy atom. The lowest BCUT2D eigenvalue weighted by atomic mass is 9.98. The molecule has 6 rings (SSSR count). The number of aromatic nitrogens is 2. The van der Waals surface area contributed by atoms with Crippen LogP contribution in [0.5, 0.6) is 11.5 Å². The Morgan fingerprint density at radius 2 is 1.75 bits per heavy atom. The van der Waals surface area contributed by atoms with Crippen molar-refractivity contribution in [2.45, 2.75) is 45.4 Å². The van der Waals surface area contributed by atoms with Crippen LogP contribution in [0.4, 0.5) is 16.3 Å². The number of H-pyrrole nitrogens is 1. The minimum absolute atomic E-state index is 0.0600. The summed E-state index contributed by atoms with van der Waals surface area (Å²) in [5.74, 6) is -0.472. The number of nitrogens with one attached hydrogen (secondary N) is 3. The zero-order valence-electron chi connectivity index (χ0n) is 29.5. The Hall–Kier alpha value is -6.28. The number of primary amides is 1. The number of benzene rings is 3. The van der Waals surface area contributed by atoms with Crippen molar-refractivity contribution >= 4 is 46.1 Å². The molecule has 1 aliphatic heterocycles. The zero-order valence-corrected chi connectivity index (χ0v) is 29.5. The van der Waals surface area contributed by atoms with Crippen LogP contribution in [0.25, 0.3) is 10.9 Å². The second-order valence-electron chi connectivity index (χ2n) is 13.3. The standard InChI is InChI=1S/C38H43N9O5/c1-21(2)27-18-28(31(49)19-30(27)48)33(39)47(38(41)52)26-11-12-29-24(17-26)13-14-46(29)16-15-44(3)36(51)23-8-5-22(6-9-23)7-10-25-20-42-34-32(25)35(50)43-37(40)45(34)4/h5-6,8-9,11-14,17-21,37,39,42,48-49H,7,10,15-16,40H2,1-4H3,(H2,41,52)(H,43,50). The highest BCUT2D eigenvalue weighted by atomic mass is 16.3. The summed E-state index contributed by atoms with van der Waals surface area (Å²) in [5.41, 5.74) is 16.6. The van der Waals surface area contributed by atoms with E-state index >= 15 is 0 Å². The zero-order chi connectivity index (χ0) is 37.4. The smallest absolute Gasteiger partial charge is 0.325 e. The Balaban J connectivity index is 1.09. The van der Waals surface area contributed by atoms with E-state index in [1.807, 2.05) is 74.3 Å². The topological polar surface area (TPSA) is 210 Å². The van der Waals surface area contributed by atoms with Gasteiger partial charge in [0.25, 0.3) is 11.8 Å². The molecule has 1 aliphatic rings. The van der Waals surface area contributed by atoms with Gasteiger partial charge < -0.3 is 40.6 Å². The second-order valence-corrected chi connectivity index (χ2v) is 13.3. The number of carbonyl (C=O) groups excluding carboxylic acids is 3. The third-order valence-electron chi connectivity index (χ3n) is 9.60. The predicted octanol–water partition coefficient (Wildman–Crippen LogP) is 4.39. The fourth-order valence-electron chi connectivity index (χ4n) is 6.55. The van der Waals surface area contributed by atoms with Gasteiger partial charge in [0.15, 0.2) is 6.29 Å². The molecule has 0 fully saturated rings. The Bertz CT molecular complexity index is 2190. The minimum atomic E-state index is -0.901. The van der Waals surface area contributed by atoms with Crippen LogP contribution in [0.3, 0.4) is 0 Å². The average molecular weight is 706 g/mol. The molecule has 3 heterocycles. The van der Waals surface area contributed by atoms with E-state index in [1.54, 1.807) is 29.0 Å². The maximum absolute atomic E-state index is 13.3. The fraction of sp³-hybridized carbons (Fsp3) is 0.263. The van der Waals surface area contributed by atoms with E-state index in [4.69, 9.17) is 16.9 Å². The van der Waals surface area contributed by atoms with Crippen molar-refractivity contribution in [3.63, 3.8) is 0 Å². The number of hydrogen-bond acceptors (Lipinski definition) is 8. The monoisotopic (exact) mass is 705 g/mol. The molecule has 0 spiro atoms. The highest BCUT2D eigenvalue weighted by molar-refractivity contribution is 6.22. The summed E-state index contributed by atoms with van der Waals surface area (Å²) in [4.78, 5) is 46.1. The molecule has 14 heteroatoms. The fourth-order valence-corrected chi connectivity index (χ4v) is 6.55. The maximum Gasteiger partial charge on any atom is 0.325 e. The lowest BCUT2D eigenvalue weighted by molar-refractivity contribution is 0.0790. The summed E-state index contributed by atoms with van der Waals surface area (Å²) in [7, 11) is 3.57. The van der Waals surface area contributed by atoms with Gasteiger partial charge in [0, 0.05) is 62.1 Å². The van der Waals surface area contributed by atoms with Gasteiger partial charge in [0.1, 0.15) is 23.2 Å². The molecule has 52 heavy (non-hydrogen) atoms. The van der Waals surface area contributed by atoms with Crippen LogP contribution in [0.15, 0.2) is 73.1 Å². The van der Waals surface area contributed by atoms with Gasteiger partial charge in [0.05, 0.1) is 16.8 Å². The molecule has 4 amide bonds. The van der Waals surface area contributed by atoms with Gasteiger partial charge in [-0.25, -0.2) is 9.69 Å². The Kier molecular flexibility index (Phi) is 9.67. The largest absolute Gasteiger partial charge is 0.508 e. The number of anilines is 2. The van der Waals surface area contributed by atoms with E-state index in [2.05, 4.69) is 10.3 Å². The molecule has 9 N–H and O–H groups in total. The lowest BCUT2D eigenvalue weighted by Gasteiger charge is -2.31. The molecule has 5 aromatic rings. The SMILES string of the molecule is CC(C)c1cc(C(=N)N(C(N)=O)c2ccc3c(ccn3CCN(C)C(=O)c3ccc(CCc4c[nH]c5c4C(=O)NC(N)N5C)cc3)c2)c(O)cc1O. The number of phenols is 2. The third-order valence-corrected chi connectivity index (χ3v) is 9.60. The normalized spacial score (nSPS) is 14.0. The summed E-state index contributed by atoms with van der Waals surface area (Å²) in [6.07, 6.45) is 4.49. The number of rotatable bonds is 10. The van der Waals surface area contributed by atoms with Crippen molar-refractivity contribution in [1.29, 1.82) is 5.41 Å². The first-order valence-corrected chi connectivity index (χ1v) is 16.9. The van der Waals surface area contributed by atoms with Crippen LogP contribution < -0.4 is 26.6 Å². The molecular formula is C38H43N9O5. The molecule has 270 valence electrons. The van der Waals surface area contributed by atoms with Gasteiger partial charge in [-0.05, 0) is 77.9 Å². The minimum Gasteiger partial charge on any atom is -0.508 e. The van der Waals surface area contributed by atoms with E-state index in [1.165, 1.54) is 6.07 Å². The van der Waals surface area contributed by atoms with Crippen molar-refractivity contribution in [1.82, 2.24) is 19.8 Å². The van der Waals surface area contributed by atoms with Crippen molar-refractivity contribution in [2.75, 3.05) is 30.4 Å². The number of likely N-dealkylation sites (N-methyl/N-ethyl adjacent to an activating group) is 1. The molecular weight excluding hydrogens is 662 g/mol. The molecule has 3 aromatic carbocycles. The van der Waals surface area contributed by atoms with E-state index in [9.17, 15) is 24.6 Å². The number of carbonyl (C=O) groups is 3. The summed E-state index contributed by atoms with van der Waals surface area (Å²) in [6, 6.07) is 16.3. The second kappa shape index (κ2) is 14.2. The van der Waals surface area contributed by atoms with Crippen LogP contribution >= 0.6 is 0 Å². The van der Waals surface area contributed by atoms with E-state index in [-0.39, 0.29) is 40.6 Å². The molecule has 2 aromatic heterocycles. The summed E-state index contributed by atoms with van der Waals surface area (Å²) in [6.45, 7) is 4.68. The number of urea groups is 1. The highest BCUT2D eigenvalue weighted by Gasteiger charge is 2.30. The number of nitrogens with zero attached hydrogens (tertiary/aromatic N) is 4. The van der Waals surface area contributed by atoms with Crippen LogP contribution in [0.2, 0.25) is 0 Å². The Labute approximate surface area is 300 Å². The van der Waals surface area contributed by atoms with Gasteiger partial charge in [-0.3, -0.25) is 20.7 Å². The number of amidine groups is 1. The average Bonchev–Trinajstić information content (AvgIpc) is 3.73. The van der Waals surface area contributed by atoms with E-state index in [0.29, 0.717) is 54.1 Å². The van der Waals surface area contributed by atoms with Gasteiger partial charge in [0.2, 0.25) is 0 Å². The summed E-state index contributed by atoms with van der Waals surface area (Å²) >= 11 is 0. The molecule has 0 saturated carbocycles. The van der Waals surface area contributed by atoms with Crippen LogP contribution in [0.1, 0.15) is 62.7 Å². The number of hydrogen-bond donors (Lipinski definition) is 7. The van der Waals surface area contributed by atoms with Gasteiger partial charge in [-0.15, -0.1) is 0 Å². The number of phenolic OH excluding ortho intramolecular Hbond substituents is 2. The van der Waals surface area contributed by atoms with Crippen molar-refractivity contribution in [2.24, 2.45) is 11.5 Å². The number of aryl methyl sites for hydroxylation is 2. The van der Waals surface area contributed by atoms with Crippen molar-refractivity contribution < 1.29 is 24.6 Å². The van der Waals surface area contributed by atoms with E-state index < -0.39 is 12.3 Å². The lowest BCUT2D eigenvalue weighted by Crippen LogP contribution is -2.56. The van der Waals surface area contributed by atoms with Gasteiger partial charge in [-0.1, -0.05) is 26.0 Å².